The molecule has 20 heavy (non-hydrogen) atoms. The number of halogens is 2. The highest BCUT2D eigenvalue weighted by atomic mass is 35.5. The molecule has 1 saturated heterocycles. The Hall–Kier alpha value is -1.38. The van der Waals surface area contributed by atoms with Crippen LogP contribution in [-0.2, 0) is 0 Å². The molecule has 1 N–H and O–H groups in total. The molecule has 0 spiro atoms. The van der Waals surface area contributed by atoms with Crippen LogP contribution in [0.2, 0.25) is 5.02 Å². The van der Waals surface area contributed by atoms with Gasteiger partial charge in [-0.15, -0.1) is 0 Å². The lowest BCUT2D eigenvalue weighted by molar-refractivity contribution is 0.404. The van der Waals surface area contributed by atoms with E-state index in [-0.39, 0.29) is 5.82 Å². The van der Waals surface area contributed by atoms with Crippen molar-refractivity contribution in [3.63, 3.8) is 0 Å². The number of rotatable bonds is 2. The molecule has 1 fully saturated rings. The molecule has 2 aromatic carbocycles. The number of piperidine rings is 1. The normalized spacial score (nSPS) is 22.7. The van der Waals surface area contributed by atoms with Crippen molar-refractivity contribution in [1.29, 1.82) is 0 Å². The van der Waals surface area contributed by atoms with Gasteiger partial charge in [0, 0.05) is 17.5 Å². The second kappa shape index (κ2) is 5.94. The van der Waals surface area contributed by atoms with E-state index in [1.165, 1.54) is 11.1 Å². The number of hydrogen-bond donors (Lipinski definition) is 1. The van der Waals surface area contributed by atoms with Gasteiger partial charge >= 0.3 is 0 Å². The molecule has 0 amide bonds. The number of nitrogens with one attached hydrogen (secondary N) is 1. The van der Waals surface area contributed by atoms with Crippen LogP contribution in [0.5, 0.6) is 0 Å². The summed E-state index contributed by atoms with van der Waals surface area (Å²) in [4.78, 5) is 0. The van der Waals surface area contributed by atoms with Crippen molar-refractivity contribution >= 4 is 11.6 Å². The van der Waals surface area contributed by atoms with Crippen LogP contribution in [0, 0.1) is 5.82 Å². The van der Waals surface area contributed by atoms with Crippen LogP contribution in [0.3, 0.4) is 0 Å². The average Bonchev–Trinajstić information content (AvgIpc) is 2.48. The predicted octanol–water partition coefficient (Wildman–Crippen LogP) is 4.34. The maximum absolute atomic E-state index is 13.1. The van der Waals surface area contributed by atoms with Crippen LogP contribution in [0.4, 0.5) is 4.39 Å². The molecular formula is C17H17ClFN. The Balaban J connectivity index is 1.93. The third-order valence-electron chi connectivity index (χ3n) is 4.06. The van der Waals surface area contributed by atoms with E-state index < -0.39 is 0 Å². The first-order chi connectivity index (χ1) is 9.74. The van der Waals surface area contributed by atoms with E-state index in [0.717, 1.165) is 24.5 Å². The topological polar surface area (TPSA) is 12.0 Å². The van der Waals surface area contributed by atoms with Crippen molar-refractivity contribution in [2.24, 2.45) is 0 Å². The van der Waals surface area contributed by atoms with Crippen molar-refractivity contribution in [3.8, 4) is 0 Å². The lowest BCUT2D eigenvalue weighted by Gasteiger charge is -2.33. The highest BCUT2D eigenvalue weighted by molar-refractivity contribution is 6.30. The Morgan fingerprint density at radius 2 is 1.80 bits per heavy atom. The smallest absolute Gasteiger partial charge is 0.123 e. The van der Waals surface area contributed by atoms with Gasteiger partial charge in [0.25, 0.3) is 0 Å². The fourth-order valence-corrected chi connectivity index (χ4v) is 3.25. The van der Waals surface area contributed by atoms with Gasteiger partial charge in [0.2, 0.25) is 0 Å². The largest absolute Gasteiger partial charge is 0.316 e. The van der Waals surface area contributed by atoms with Gasteiger partial charge in [-0.05, 0) is 54.3 Å². The maximum Gasteiger partial charge on any atom is 0.123 e. The fraction of sp³-hybridized carbons (Fsp3) is 0.294. The van der Waals surface area contributed by atoms with Crippen molar-refractivity contribution in [3.05, 3.63) is 70.5 Å². The van der Waals surface area contributed by atoms with Crippen molar-refractivity contribution < 1.29 is 4.39 Å². The standard InChI is InChI=1S/C17H17ClFN/c18-14-3-1-2-13(10-14)16-8-9-20-11-17(16)12-4-6-15(19)7-5-12/h1-7,10,16-17,20H,8-9,11H2. The summed E-state index contributed by atoms with van der Waals surface area (Å²) >= 11 is 6.11. The van der Waals surface area contributed by atoms with Gasteiger partial charge in [0.05, 0.1) is 0 Å². The first-order valence-electron chi connectivity index (χ1n) is 6.95. The van der Waals surface area contributed by atoms with Crippen molar-refractivity contribution in [2.75, 3.05) is 13.1 Å². The molecule has 1 aliphatic rings. The molecule has 0 bridgehead atoms. The van der Waals surface area contributed by atoms with Crippen molar-refractivity contribution in [2.45, 2.75) is 18.3 Å². The summed E-state index contributed by atoms with van der Waals surface area (Å²) < 4.78 is 13.1. The zero-order valence-electron chi connectivity index (χ0n) is 11.2. The second-order valence-electron chi connectivity index (χ2n) is 5.31. The fourth-order valence-electron chi connectivity index (χ4n) is 3.05. The van der Waals surface area contributed by atoms with Gasteiger partial charge in [0.15, 0.2) is 0 Å². The Bertz CT molecular complexity index is 582. The van der Waals surface area contributed by atoms with Gasteiger partial charge in [-0.3, -0.25) is 0 Å². The molecule has 0 aromatic heterocycles. The molecule has 1 nitrogen and oxygen atoms in total. The summed E-state index contributed by atoms with van der Waals surface area (Å²) in [6.45, 7) is 1.93. The first-order valence-corrected chi connectivity index (χ1v) is 7.33. The number of hydrogen-bond acceptors (Lipinski definition) is 1. The average molecular weight is 290 g/mol. The van der Waals surface area contributed by atoms with Gasteiger partial charge in [0.1, 0.15) is 5.82 Å². The van der Waals surface area contributed by atoms with E-state index in [9.17, 15) is 4.39 Å². The lowest BCUT2D eigenvalue weighted by Crippen LogP contribution is -2.34. The minimum absolute atomic E-state index is 0.183. The molecule has 2 unspecified atom stereocenters. The molecular weight excluding hydrogens is 273 g/mol. The molecule has 0 aliphatic carbocycles. The summed E-state index contributed by atoms with van der Waals surface area (Å²) in [5, 5.41) is 4.21. The minimum Gasteiger partial charge on any atom is -0.316 e. The summed E-state index contributed by atoms with van der Waals surface area (Å²) in [5.41, 5.74) is 2.46. The quantitative estimate of drug-likeness (QED) is 0.867. The van der Waals surface area contributed by atoms with E-state index in [4.69, 9.17) is 11.6 Å². The Morgan fingerprint density at radius 3 is 2.55 bits per heavy atom. The van der Waals surface area contributed by atoms with Crippen LogP contribution in [0.15, 0.2) is 48.5 Å². The minimum atomic E-state index is -0.183. The molecule has 0 saturated carbocycles. The molecule has 104 valence electrons. The summed E-state index contributed by atoms with van der Waals surface area (Å²) in [6.07, 6.45) is 1.07. The van der Waals surface area contributed by atoms with Gasteiger partial charge in [-0.2, -0.15) is 0 Å². The second-order valence-corrected chi connectivity index (χ2v) is 5.75. The SMILES string of the molecule is Fc1ccc(C2CNCCC2c2cccc(Cl)c2)cc1. The number of benzene rings is 2. The van der Waals surface area contributed by atoms with Gasteiger partial charge in [-0.25, -0.2) is 4.39 Å². The molecule has 0 radical (unpaired) electrons. The van der Waals surface area contributed by atoms with Crippen LogP contribution in [0.25, 0.3) is 0 Å². The zero-order valence-corrected chi connectivity index (χ0v) is 11.9. The molecule has 2 aromatic rings. The third-order valence-corrected chi connectivity index (χ3v) is 4.29. The van der Waals surface area contributed by atoms with E-state index in [0.29, 0.717) is 11.8 Å². The summed E-state index contributed by atoms with van der Waals surface area (Å²) in [6, 6.07) is 15.0. The molecule has 1 aliphatic heterocycles. The van der Waals surface area contributed by atoms with Crippen LogP contribution >= 0.6 is 11.6 Å². The lowest BCUT2D eigenvalue weighted by atomic mass is 9.77. The van der Waals surface area contributed by atoms with Crippen LogP contribution in [-0.4, -0.2) is 13.1 Å². The Morgan fingerprint density at radius 1 is 1.00 bits per heavy atom. The van der Waals surface area contributed by atoms with E-state index in [1.54, 1.807) is 12.1 Å². The first kappa shape index (κ1) is 13.6. The maximum atomic E-state index is 13.1. The summed E-state index contributed by atoms with van der Waals surface area (Å²) in [7, 11) is 0. The van der Waals surface area contributed by atoms with E-state index >= 15 is 0 Å². The third kappa shape index (κ3) is 2.87. The highest BCUT2D eigenvalue weighted by Crippen LogP contribution is 2.37. The Kier molecular flexibility index (Phi) is 4.04. The zero-order chi connectivity index (χ0) is 13.9. The molecule has 1 heterocycles. The molecule has 3 rings (SSSR count). The molecule has 3 heteroatoms. The van der Waals surface area contributed by atoms with Crippen LogP contribution in [0.1, 0.15) is 29.4 Å². The monoisotopic (exact) mass is 289 g/mol. The van der Waals surface area contributed by atoms with Crippen molar-refractivity contribution in [1.82, 2.24) is 5.32 Å². The van der Waals surface area contributed by atoms with E-state index in [2.05, 4.69) is 11.4 Å². The molecule has 2 atom stereocenters. The van der Waals surface area contributed by atoms with Crippen LogP contribution < -0.4 is 5.32 Å². The van der Waals surface area contributed by atoms with Gasteiger partial charge in [-0.1, -0.05) is 35.9 Å². The Labute approximate surface area is 123 Å². The van der Waals surface area contributed by atoms with Gasteiger partial charge < -0.3 is 5.32 Å². The summed E-state index contributed by atoms with van der Waals surface area (Å²) in [5.74, 6) is 0.611. The predicted molar refractivity (Wildman–Crippen MR) is 80.8 cm³/mol. The highest BCUT2D eigenvalue weighted by Gasteiger charge is 2.27. The van der Waals surface area contributed by atoms with E-state index in [1.807, 2.05) is 30.3 Å².